The van der Waals surface area contributed by atoms with Crippen LogP contribution in [0.25, 0.3) is 0 Å². The van der Waals surface area contributed by atoms with Gasteiger partial charge in [0.2, 0.25) is 0 Å². The molecule has 0 aliphatic carbocycles. The highest BCUT2D eigenvalue weighted by molar-refractivity contribution is 7.98. The molecule has 30 heavy (non-hydrogen) atoms. The molecule has 1 amide bonds. The van der Waals surface area contributed by atoms with Crippen molar-refractivity contribution < 1.29 is 4.79 Å². The van der Waals surface area contributed by atoms with Gasteiger partial charge in [0.05, 0.1) is 0 Å². The number of benzene rings is 2. The fourth-order valence-electron chi connectivity index (χ4n) is 2.98. The summed E-state index contributed by atoms with van der Waals surface area (Å²) in [6.45, 7) is 0.743. The number of rotatable bonds is 8. The third kappa shape index (κ3) is 5.58. The fraction of sp³-hybridized carbons (Fsp3) is 0.125. The Bertz CT molecular complexity index is 1080. The third-order valence-corrected chi connectivity index (χ3v) is 5.71. The van der Waals surface area contributed by atoms with Crippen LogP contribution < -0.4 is 5.32 Å². The standard InChI is InChI=1S/C24H22N4OS/c29-24(21-6-8-22(9-7-21)30-18-20-4-2-1-3-5-20)26-23-13-17-28(27-23)16-12-19-10-14-25-15-11-19/h1-11,13-15,17H,12,16,18H2,(H,26,27,29). The van der Waals surface area contributed by atoms with E-state index in [1.165, 1.54) is 11.1 Å². The van der Waals surface area contributed by atoms with E-state index in [9.17, 15) is 4.79 Å². The Morgan fingerprint density at radius 1 is 0.900 bits per heavy atom. The number of carbonyl (C=O) groups is 1. The molecule has 0 spiro atoms. The van der Waals surface area contributed by atoms with Crippen molar-refractivity contribution >= 4 is 23.5 Å². The maximum absolute atomic E-state index is 12.5. The largest absolute Gasteiger partial charge is 0.305 e. The van der Waals surface area contributed by atoms with Crippen molar-refractivity contribution in [1.29, 1.82) is 0 Å². The van der Waals surface area contributed by atoms with E-state index >= 15 is 0 Å². The zero-order valence-electron chi connectivity index (χ0n) is 16.4. The van der Waals surface area contributed by atoms with Gasteiger partial charge in [-0.2, -0.15) is 5.10 Å². The number of hydrogen-bond acceptors (Lipinski definition) is 4. The Morgan fingerprint density at radius 3 is 2.43 bits per heavy atom. The number of hydrogen-bond donors (Lipinski definition) is 1. The molecule has 0 bridgehead atoms. The Kier molecular flexibility index (Phi) is 6.57. The second-order valence-electron chi connectivity index (χ2n) is 6.82. The maximum atomic E-state index is 12.5. The zero-order valence-corrected chi connectivity index (χ0v) is 17.3. The summed E-state index contributed by atoms with van der Waals surface area (Å²) < 4.78 is 1.83. The predicted octanol–water partition coefficient (Wildman–Crippen LogP) is 5.07. The minimum absolute atomic E-state index is 0.158. The summed E-state index contributed by atoms with van der Waals surface area (Å²) in [5.41, 5.74) is 3.10. The van der Waals surface area contributed by atoms with E-state index in [4.69, 9.17) is 0 Å². The molecule has 1 N–H and O–H groups in total. The lowest BCUT2D eigenvalue weighted by molar-refractivity contribution is 0.102. The number of carbonyl (C=O) groups excluding carboxylic acids is 1. The van der Waals surface area contributed by atoms with Crippen LogP contribution in [0, 0.1) is 0 Å². The van der Waals surface area contributed by atoms with Gasteiger partial charge in [-0.3, -0.25) is 14.5 Å². The smallest absolute Gasteiger partial charge is 0.256 e. The maximum Gasteiger partial charge on any atom is 0.256 e. The van der Waals surface area contributed by atoms with E-state index in [-0.39, 0.29) is 5.91 Å². The normalized spacial score (nSPS) is 10.7. The molecule has 150 valence electrons. The number of nitrogens with zero attached hydrogens (tertiary/aromatic N) is 3. The first-order valence-corrected chi connectivity index (χ1v) is 10.8. The van der Waals surface area contributed by atoms with Gasteiger partial charge in [0.1, 0.15) is 0 Å². The monoisotopic (exact) mass is 414 g/mol. The zero-order chi connectivity index (χ0) is 20.6. The SMILES string of the molecule is O=C(Nc1ccn(CCc2ccncc2)n1)c1ccc(SCc2ccccc2)cc1. The van der Waals surface area contributed by atoms with Gasteiger partial charge < -0.3 is 5.32 Å². The number of aromatic nitrogens is 3. The lowest BCUT2D eigenvalue weighted by Crippen LogP contribution is -2.12. The lowest BCUT2D eigenvalue weighted by atomic mass is 10.2. The van der Waals surface area contributed by atoms with Crippen molar-refractivity contribution in [2.24, 2.45) is 0 Å². The second kappa shape index (κ2) is 9.89. The third-order valence-electron chi connectivity index (χ3n) is 4.63. The van der Waals surface area contributed by atoms with Crippen LogP contribution in [0.1, 0.15) is 21.5 Å². The Hall–Kier alpha value is -3.38. The van der Waals surface area contributed by atoms with Crippen LogP contribution in [0.5, 0.6) is 0 Å². The molecule has 0 radical (unpaired) electrons. The summed E-state index contributed by atoms with van der Waals surface area (Å²) in [5, 5.41) is 7.30. The van der Waals surface area contributed by atoms with E-state index in [1.54, 1.807) is 24.2 Å². The highest BCUT2D eigenvalue weighted by Gasteiger charge is 2.08. The molecule has 0 fully saturated rings. The van der Waals surface area contributed by atoms with Crippen molar-refractivity contribution in [2.75, 3.05) is 5.32 Å². The first-order valence-electron chi connectivity index (χ1n) is 9.77. The average molecular weight is 415 g/mol. The highest BCUT2D eigenvalue weighted by Crippen LogP contribution is 2.23. The van der Waals surface area contributed by atoms with Crippen LogP contribution in [0.15, 0.2) is 96.3 Å². The molecule has 4 aromatic rings. The molecule has 0 aliphatic heterocycles. The number of nitrogens with one attached hydrogen (secondary N) is 1. The van der Waals surface area contributed by atoms with Gasteiger partial charge >= 0.3 is 0 Å². The van der Waals surface area contributed by atoms with Crippen LogP contribution in [0.4, 0.5) is 5.82 Å². The number of anilines is 1. The molecule has 0 atom stereocenters. The van der Waals surface area contributed by atoms with Gasteiger partial charge in [-0.25, -0.2) is 0 Å². The van der Waals surface area contributed by atoms with Gasteiger partial charge in [0.15, 0.2) is 5.82 Å². The summed E-state index contributed by atoms with van der Waals surface area (Å²) in [7, 11) is 0. The molecule has 2 aromatic carbocycles. The predicted molar refractivity (Wildman–Crippen MR) is 121 cm³/mol. The lowest BCUT2D eigenvalue weighted by Gasteiger charge is -2.05. The summed E-state index contributed by atoms with van der Waals surface area (Å²) in [5.74, 6) is 1.30. The fourth-order valence-corrected chi connectivity index (χ4v) is 3.83. The van der Waals surface area contributed by atoms with Crippen LogP contribution in [-0.4, -0.2) is 20.7 Å². The molecular formula is C24H22N4OS. The van der Waals surface area contributed by atoms with Gasteiger partial charge in [-0.1, -0.05) is 30.3 Å². The molecule has 0 aliphatic rings. The highest BCUT2D eigenvalue weighted by atomic mass is 32.2. The molecule has 0 saturated heterocycles. The Labute approximate surface area is 180 Å². The van der Waals surface area contributed by atoms with Crippen LogP contribution in [-0.2, 0) is 18.7 Å². The van der Waals surface area contributed by atoms with Crippen molar-refractivity contribution in [3.8, 4) is 0 Å². The minimum Gasteiger partial charge on any atom is -0.305 e. The summed E-state index contributed by atoms with van der Waals surface area (Å²) in [6.07, 6.45) is 6.31. The van der Waals surface area contributed by atoms with Gasteiger partial charge in [-0.05, 0) is 53.9 Å². The minimum atomic E-state index is -0.158. The van der Waals surface area contributed by atoms with E-state index in [1.807, 2.05) is 71.5 Å². The molecule has 5 nitrogen and oxygen atoms in total. The molecule has 0 saturated carbocycles. The molecule has 4 rings (SSSR count). The number of pyridine rings is 1. The molecular weight excluding hydrogens is 392 g/mol. The number of aryl methyl sites for hydroxylation is 2. The van der Waals surface area contributed by atoms with E-state index in [0.29, 0.717) is 11.4 Å². The molecule has 0 unspecified atom stereocenters. The van der Waals surface area contributed by atoms with Crippen LogP contribution in [0.2, 0.25) is 0 Å². The summed E-state index contributed by atoms with van der Waals surface area (Å²) in [4.78, 5) is 17.7. The van der Waals surface area contributed by atoms with Crippen molar-refractivity contribution in [3.05, 3.63) is 108 Å². The number of amides is 1. The van der Waals surface area contributed by atoms with E-state index in [2.05, 4.69) is 27.5 Å². The Balaban J connectivity index is 1.29. The first kappa shape index (κ1) is 19.9. The first-order chi connectivity index (χ1) is 14.8. The van der Waals surface area contributed by atoms with Gasteiger partial charge in [-0.15, -0.1) is 11.8 Å². The average Bonchev–Trinajstić information content (AvgIpc) is 3.25. The topological polar surface area (TPSA) is 59.8 Å². The summed E-state index contributed by atoms with van der Waals surface area (Å²) in [6, 6.07) is 23.8. The Morgan fingerprint density at radius 2 is 1.67 bits per heavy atom. The molecule has 2 aromatic heterocycles. The van der Waals surface area contributed by atoms with E-state index < -0.39 is 0 Å². The van der Waals surface area contributed by atoms with E-state index in [0.717, 1.165) is 23.6 Å². The van der Waals surface area contributed by atoms with Gasteiger partial charge in [0.25, 0.3) is 5.91 Å². The van der Waals surface area contributed by atoms with Gasteiger partial charge in [0, 0.05) is 47.4 Å². The summed E-state index contributed by atoms with van der Waals surface area (Å²) >= 11 is 1.75. The molecule has 6 heteroatoms. The van der Waals surface area contributed by atoms with Crippen molar-refractivity contribution in [3.63, 3.8) is 0 Å². The van der Waals surface area contributed by atoms with Crippen molar-refractivity contribution in [1.82, 2.24) is 14.8 Å². The van der Waals surface area contributed by atoms with Crippen LogP contribution in [0.3, 0.4) is 0 Å². The quantitative estimate of drug-likeness (QED) is 0.409. The molecule has 2 heterocycles. The second-order valence-corrected chi connectivity index (χ2v) is 7.87. The number of thioether (sulfide) groups is 1. The van der Waals surface area contributed by atoms with Crippen LogP contribution >= 0.6 is 11.8 Å². The van der Waals surface area contributed by atoms with Crippen molar-refractivity contribution in [2.45, 2.75) is 23.6 Å².